The van der Waals surface area contributed by atoms with Gasteiger partial charge in [-0.1, -0.05) is 25.1 Å². The molecule has 0 aliphatic carbocycles. The van der Waals surface area contributed by atoms with Gasteiger partial charge in [-0.3, -0.25) is 4.79 Å². The maximum atomic E-state index is 11.2. The van der Waals surface area contributed by atoms with E-state index >= 15 is 0 Å². The van der Waals surface area contributed by atoms with Crippen LogP contribution < -0.4 is 5.73 Å². The summed E-state index contributed by atoms with van der Waals surface area (Å²) in [6.45, 7) is 1.96. The molecule has 1 heterocycles. The maximum Gasteiger partial charge on any atom is 0.226 e. The maximum absolute atomic E-state index is 11.2. The van der Waals surface area contributed by atoms with Crippen molar-refractivity contribution < 1.29 is 4.79 Å². The van der Waals surface area contributed by atoms with Crippen molar-refractivity contribution in [1.29, 1.82) is 0 Å². The van der Waals surface area contributed by atoms with Gasteiger partial charge in [0.15, 0.2) is 0 Å². The Kier molecular flexibility index (Phi) is 2.46. The number of aromatic nitrogens is 1. The number of fused-ring (bicyclic) bond motifs is 1. The van der Waals surface area contributed by atoms with Crippen LogP contribution in [-0.2, 0) is 4.79 Å². The number of carbonyl (C=O) groups is 1. The standard InChI is InChI=1S/C12H14N2O/c1-2-9(12(13)15)11-7-8-5-3-4-6-10(8)14-11/h3-7,9,14H,2H2,1H3,(H2,13,15). The van der Waals surface area contributed by atoms with Crippen molar-refractivity contribution in [3.8, 4) is 0 Å². The number of rotatable bonds is 3. The molecular weight excluding hydrogens is 188 g/mol. The second-order valence-electron chi connectivity index (χ2n) is 3.68. The van der Waals surface area contributed by atoms with Crippen LogP contribution in [-0.4, -0.2) is 10.9 Å². The summed E-state index contributed by atoms with van der Waals surface area (Å²) >= 11 is 0. The van der Waals surface area contributed by atoms with Gasteiger partial charge in [0, 0.05) is 11.2 Å². The highest BCUT2D eigenvalue weighted by Gasteiger charge is 2.17. The van der Waals surface area contributed by atoms with Crippen LogP contribution in [0, 0.1) is 0 Å². The zero-order valence-electron chi connectivity index (χ0n) is 8.66. The second kappa shape index (κ2) is 3.77. The summed E-state index contributed by atoms with van der Waals surface area (Å²) in [6, 6.07) is 9.95. The Bertz CT molecular complexity index is 454. The molecule has 0 saturated carbocycles. The van der Waals surface area contributed by atoms with Crippen molar-refractivity contribution >= 4 is 16.8 Å². The van der Waals surface area contributed by atoms with Crippen LogP contribution >= 0.6 is 0 Å². The first-order chi connectivity index (χ1) is 7.22. The monoisotopic (exact) mass is 202 g/mol. The van der Waals surface area contributed by atoms with Gasteiger partial charge in [0.05, 0.1) is 5.92 Å². The highest BCUT2D eigenvalue weighted by molar-refractivity contribution is 5.86. The van der Waals surface area contributed by atoms with Crippen molar-refractivity contribution in [3.63, 3.8) is 0 Å². The predicted molar refractivity (Wildman–Crippen MR) is 60.5 cm³/mol. The van der Waals surface area contributed by atoms with Crippen LogP contribution in [0.3, 0.4) is 0 Å². The first-order valence-corrected chi connectivity index (χ1v) is 5.09. The lowest BCUT2D eigenvalue weighted by Gasteiger charge is -2.07. The molecule has 2 rings (SSSR count). The fourth-order valence-electron chi connectivity index (χ4n) is 1.86. The topological polar surface area (TPSA) is 58.9 Å². The Balaban J connectivity index is 2.47. The number of nitrogens with two attached hydrogens (primary N) is 1. The van der Waals surface area contributed by atoms with E-state index in [1.807, 2.05) is 37.3 Å². The molecule has 0 saturated heterocycles. The number of aromatic amines is 1. The van der Waals surface area contributed by atoms with Crippen LogP contribution in [0.5, 0.6) is 0 Å². The first kappa shape index (κ1) is 9.77. The molecular formula is C12H14N2O. The summed E-state index contributed by atoms with van der Waals surface area (Å²) in [5.41, 5.74) is 7.30. The molecule has 0 spiro atoms. The number of H-pyrrole nitrogens is 1. The van der Waals surface area contributed by atoms with Crippen LogP contribution in [0.2, 0.25) is 0 Å². The summed E-state index contributed by atoms with van der Waals surface area (Å²) < 4.78 is 0. The highest BCUT2D eigenvalue weighted by atomic mass is 16.1. The Morgan fingerprint density at radius 3 is 2.80 bits per heavy atom. The number of benzene rings is 1. The van der Waals surface area contributed by atoms with E-state index in [0.717, 1.165) is 23.0 Å². The van der Waals surface area contributed by atoms with E-state index in [1.54, 1.807) is 0 Å². The molecule has 1 unspecified atom stereocenters. The normalized spacial score (nSPS) is 12.9. The van der Waals surface area contributed by atoms with Gasteiger partial charge in [0.25, 0.3) is 0 Å². The minimum Gasteiger partial charge on any atom is -0.369 e. The Labute approximate surface area is 88.3 Å². The van der Waals surface area contributed by atoms with Gasteiger partial charge in [-0.25, -0.2) is 0 Å². The molecule has 78 valence electrons. The fraction of sp³-hybridized carbons (Fsp3) is 0.250. The van der Waals surface area contributed by atoms with Gasteiger partial charge < -0.3 is 10.7 Å². The lowest BCUT2D eigenvalue weighted by molar-refractivity contribution is -0.119. The molecule has 0 aliphatic heterocycles. The average molecular weight is 202 g/mol. The third kappa shape index (κ3) is 1.73. The van der Waals surface area contributed by atoms with Crippen molar-refractivity contribution in [3.05, 3.63) is 36.0 Å². The van der Waals surface area contributed by atoms with Gasteiger partial charge in [-0.05, 0) is 23.9 Å². The molecule has 0 radical (unpaired) electrons. The van der Waals surface area contributed by atoms with Gasteiger partial charge >= 0.3 is 0 Å². The molecule has 0 fully saturated rings. The van der Waals surface area contributed by atoms with E-state index in [-0.39, 0.29) is 11.8 Å². The van der Waals surface area contributed by atoms with Crippen molar-refractivity contribution in [1.82, 2.24) is 4.98 Å². The molecule has 3 N–H and O–H groups in total. The predicted octanol–water partition coefficient (Wildman–Crippen LogP) is 2.15. The molecule has 0 aliphatic rings. The Morgan fingerprint density at radius 1 is 1.47 bits per heavy atom. The average Bonchev–Trinajstić information content (AvgIpc) is 2.61. The first-order valence-electron chi connectivity index (χ1n) is 5.09. The van der Waals surface area contributed by atoms with Crippen LogP contribution in [0.15, 0.2) is 30.3 Å². The summed E-state index contributed by atoms with van der Waals surface area (Å²) in [5.74, 6) is -0.485. The number of nitrogens with one attached hydrogen (secondary N) is 1. The molecule has 3 nitrogen and oxygen atoms in total. The van der Waals surface area contributed by atoms with Crippen LogP contribution in [0.1, 0.15) is 25.0 Å². The molecule has 0 bridgehead atoms. The summed E-state index contributed by atoms with van der Waals surface area (Å²) in [7, 11) is 0. The van der Waals surface area contributed by atoms with Gasteiger partial charge in [0.2, 0.25) is 5.91 Å². The number of hydrogen-bond donors (Lipinski definition) is 2. The molecule has 1 aromatic carbocycles. The second-order valence-corrected chi connectivity index (χ2v) is 3.68. The summed E-state index contributed by atoms with van der Waals surface area (Å²) in [4.78, 5) is 14.4. The summed E-state index contributed by atoms with van der Waals surface area (Å²) in [6.07, 6.45) is 0.724. The number of para-hydroxylation sites is 1. The number of amides is 1. The Hall–Kier alpha value is -1.77. The van der Waals surface area contributed by atoms with Gasteiger partial charge in [0.1, 0.15) is 0 Å². The lowest BCUT2D eigenvalue weighted by Crippen LogP contribution is -2.20. The lowest BCUT2D eigenvalue weighted by atomic mass is 10.0. The fourth-order valence-corrected chi connectivity index (χ4v) is 1.86. The number of carbonyl (C=O) groups excluding carboxylic acids is 1. The molecule has 1 atom stereocenters. The molecule has 3 heteroatoms. The van der Waals surface area contributed by atoms with Crippen LogP contribution in [0.25, 0.3) is 10.9 Å². The Morgan fingerprint density at radius 2 is 2.20 bits per heavy atom. The molecule has 1 aromatic heterocycles. The van der Waals surface area contributed by atoms with E-state index in [0.29, 0.717) is 0 Å². The summed E-state index contributed by atoms with van der Waals surface area (Å²) in [5, 5.41) is 1.12. The highest BCUT2D eigenvalue weighted by Crippen LogP contribution is 2.23. The zero-order valence-corrected chi connectivity index (χ0v) is 8.66. The van der Waals surface area contributed by atoms with E-state index in [4.69, 9.17) is 5.73 Å². The van der Waals surface area contributed by atoms with Crippen molar-refractivity contribution in [2.45, 2.75) is 19.3 Å². The minimum absolute atomic E-state index is 0.211. The SMILES string of the molecule is CCC(C(N)=O)c1cc2ccccc2[nH]1. The van der Waals surface area contributed by atoms with Gasteiger partial charge in [-0.15, -0.1) is 0 Å². The van der Waals surface area contributed by atoms with Crippen molar-refractivity contribution in [2.75, 3.05) is 0 Å². The minimum atomic E-state index is -0.274. The van der Waals surface area contributed by atoms with E-state index < -0.39 is 0 Å². The van der Waals surface area contributed by atoms with Crippen LogP contribution in [0.4, 0.5) is 0 Å². The van der Waals surface area contributed by atoms with E-state index in [9.17, 15) is 4.79 Å². The molecule has 15 heavy (non-hydrogen) atoms. The van der Waals surface area contributed by atoms with Gasteiger partial charge in [-0.2, -0.15) is 0 Å². The van der Waals surface area contributed by atoms with E-state index in [2.05, 4.69) is 4.98 Å². The smallest absolute Gasteiger partial charge is 0.226 e. The van der Waals surface area contributed by atoms with E-state index in [1.165, 1.54) is 0 Å². The zero-order chi connectivity index (χ0) is 10.8. The number of primary amides is 1. The molecule has 1 amide bonds. The van der Waals surface area contributed by atoms with Crippen molar-refractivity contribution in [2.24, 2.45) is 5.73 Å². The molecule has 2 aromatic rings. The third-order valence-corrected chi connectivity index (χ3v) is 2.68. The third-order valence-electron chi connectivity index (χ3n) is 2.68. The quantitative estimate of drug-likeness (QED) is 0.787. The largest absolute Gasteiger partial charge is 0.369 e. The number of hydrogen-bond acceptors (Lipinski definition) is 1.